The number of nitrogens with one attached hydrogen (secondary N) is 1. The summed E-state index contributed by atoms with van der Waals surface area (Å²) in [6, 6.07) is 3.83. The third-order valence-corrected chi connectivity index (χ3v) is 4.98. The average Bonchev–Trinajstić information content (AvgIpc) is 3.02. The first-order chi connectivity index (χ1) is 11.1. The molecule has 1 fully saturated rings. The Bertz CT molecular complexity index is 547. The van der Waals surface area contributed by atoms with Crippen LogP contribution in [0.5, 0.6) is 5.75 Å². The minimum absolute atomic E-state index is 0.0607. The number of carbonyl (C=O) groups excluding carboxylic acids is 1. The summed E-state index contributed by atoms with van der Waals surface area (Å²) in [6.45, 7) is 4.20. The molecule has 1 aromatic carbocycles. The molecule has 0 spiro atoms. The molecule has 0 saturated carbocycles. The Morgan fingerprint density at radius 3 is 2.57 bits per heavy atom. The van der Waals surface area contributed by atoms with Crippen molar-refractivity contribution in [3.63, 3.8) is 0 Å². The molecule has 0 unspecified atom stereocenters. The summed E-state index contributed by atoms with van der Waals surface area (Å²) >= 11 is 6.91. The van der Waals surface area contributed by atoms with E-state index in [-0.39, 0.29) is 5.91 Å². The van der Waals surface area contributed by atoms with Crippen molar-refractivity contribution in [1.82, 2.24) is 10.2 Å². The summed E-state index contributed by atoms with van der Waals surface area (Å²) in [6.07, 6.45) is 6.98. The summed E-state index contributed by atoms with van der Waals surface area (Å²) in [7, 11) is 1.62. The summed E-state index contributed by atoms with van der Waals surface area (Å²) in [5.74, 6) is 0.683. The van der Waals surface area contributed by atoms with Crippen LogP contribution >= 0.6 is 31.9 Å². The smallest absolute Gasteiger partial charge is 0.243 e. The lowest BCUT2D eigenvalue weighted by atomic mass is 10.2. The summed E-state index contributed by atoms with van der Waals surface area (Å²) in [5.41, 5.74) is 0.928. The Balaban J connectivity index is 1.76. The number of nitrogens with zero attached hydrogens (tertiary/aromatic N) is 1. The molecular weight excluding hydrogens is 424 g/mol. The van der Waals surface area contributed by atoms with Gasteiger partial charge in [-0.1, -0.05) is 0 Å². The van der Waals surface area contributed by atoms with E-state index < -0.39 is 0 Å². The molecule has 0 aliphatic carbocycles. The van der Waals surface area contributed by atoms with Crippen LogP contribution in [-0.4, -0.2) is 44.1 Å². The number of amides is 1. The summed E-state index contributed by atoms with van der Waals surface area (Å²) in [5, 5.41) is 2.93. The highest BCUT2D eigenvalue weighted by atomic mass is 79.9. The lowest BCUT2D eigenvalue weighted by Crippen LogP contribution is -2.27. The van der Waals surface area contributed by atoms with Gasteiger partial charge in [0.1, 0.15) is 5.75 Å². The second-order valence-corrected chi connectivity index (χ2v) is 7.25. The number of likely N-dealkylation sites (tertiary alicyclic amines) is 1. The quantitative estimate of drug-likeness (QED) is 0.512. The van der Waals surface area contributed by atoms with Crippen molar-refractivity contribution in [1.29, 1.82) is 0 Å². The third-order valence-electron chi connectivity index (χ3n) is 3.80. The number of hydrogen-bond acceptors (Lipinski definition) is 3. The van der Waals surface area contributed by atoms with Gasteiger partial charge in [-0.3, -0.25) is 4.79 Å². The van der Waals surface area contributed by atoms with Crippen molar-refractivity contribution in [2.45, 2.75) is 19.3 Å². The second kappa shape index (κ2) is 9.45. The minimum atomic E-state index is -0.0607. The van der Waals surface area contributed by atoms with Crippen molar-refractivity contribution in [3.8, 4) is 5.75 Å². The van der Waals surface area contributed by atoms with Gasteiger partial charge >= 0.3 is 0 Å². The average molecular weight is 446 g/mol. The standard InChI is InChI=1S/C17H22Br2N2O2/c1-23-17-14(18)11-13(12-15(17)19)5-6-16(22)20-7-4-10-21-8-2-3-9-21/h5-6,11-12H,2-4,7-10H2,1H3,(H,20,22)/b6-5+. The molecule has 23 heavy (non-hydrogen) atoms. The van der Waals surface area contributed by atoms with E-state index in [1.165, 1.54) is 25.9 Å². The Hall–Kier alpha value is -0.850. The summed E-state index contributed by atoms with van der Waals surface area (Å²) in [4.78, 5) is 14.3. The minimum Gasteiger partial charge on any atom is -0.494 e. The van der Waals surface area contributed by atoms with Crippen molar-refractivity contribution >= 4 is 43.8 Å². The molecule has 0 atom stereocenters. The number of halogens is 2. The Labute approximate surface area is 154 Å². The molecule has 2 rings (SSSR count). The molecule has 1 amide bonds. The molecule has 0 bridgehead atoms. The van der Waals surface area contributed by atoms with Crippen LogP contribution < -0.4 is 10.1 Å². The molecule has 1 aromatic rings. The fourth-order valence-corrected chi connectivity index (χ4v) is 4.17. The van der Waals surface area contributed by atoms with Crippen LogP contribution in [0.15, 0.2) is 27.2 Å². The zero-order chi connectivity index (χ0) is 16.7. The van der Waals surface area contributed by atoms with Gasteiger partial charge in [-0.05, 0) is 94.5 Å². The van der Waals surface area contributed by atoms with Crippen molar-refractivity contribution < 1.29 is 9.53 Å². The van der Waals surface area contributed by atoms with Gasteiger partial charge in [0.25, 0.3) is 0 Å². The van der Waals surface area contributed by atoms with E-state index in [1.54, 1.807) is 19.3 Å². The SMILES string of the molecule is COc1c(Br)cc(/C=C/C(=O)NCCCN2CCCC2)cc1Br. The first-order valence-electron chi connectivity index (χ1n) is 7.81. The van der Waals surface area contributed by atoms with E-state index in [0.717, 1.165) is 39.8 Å². The van der Waals surface area contributed by atoms with Crippen LogP contribution in [0.3, 0.4) is 0 Å². The topological polar surface area (TPSA) is 41.6 Å². The summed E-state index contributed by atoms with van der Waals surface area (Å²) < 4.78 is 6.96. The molecule has 1 aliphatic rings. The van der Waals surface area contributed by atoms with Crippen molar-refractivity contribution in [2.75, 3.05) is 33.3 Å². The Morgan fingerprint density at radius 1 is 1.30 bits per heavy atom. The Kier molecular flexibility index (Phi) is 7.59. The van der Waals surface area contributed by atoms with Gasteiger partial charge in [0, 0.05) is 12.6 Å². The fourth-order valence-electron chi connectivity index (χ4n) is 2.62. The normalized spacial score (nSPS) is 15.3. The van der Waals surface area contributed by atoms with Crippen LogP contribution in [0.2, 0.25) is 0 Å². The maximum Gasteiger partial charge on any atom is 0.243 e. The van der Waals surface area contributed by atoms with Crippen LogP contribution in [0.1, 0.15) is 24.8 Å². The lowest BCUT2D eigenvalue weighted by molar-refractivity contribution is -0.116. The zero-order valence-electron chi connectivity index (χ0n) is 13.3. The van der Waals surface area contributed by atoms with E-state index in [9.17, 15) is 4.79 Å². The lowest BCUT2D eigenvalue weighted by Gasteiger charge is -2.13. The largest absolute Gasteiger partial charge is 0.494 e. The van der Waals surface area contributed by atoms with E-state index >= 15 is 0 Å². The van der Waals surface area contributed by atoms with E-state index in [4.69, 9.17) is 4.74 Å². The van der Waals surface area contributed by atoms with Gasteiger partial charge in [0.2, 0.25) is 5.91 Å². The van der Waals surface area contributed by atoms with Gasteiger partial charge in [0.15, 0.2) is 0 Å². The van der Waals surface area contributed by atoms with Crippen LogP contribution in [0.25, 0.3) is 6.08 Å². The van der Waals surface area contributed by atoms with Crippen molar-refractivity contribution in [2.24, 2.45) is 0 Å². The number of rotatable bonds is 7. The van der Waals surface area contributed by atoms with Crippen LogP contribution in [0, 0.1) is 0 Å². The van der Waals surface area contributed by atoms with Gasteiger partial charge < -0.3 is 15.0 Å². The van der Waals surface area contributed by atoms with E-state index in [0.29, 0.717) is 0 Å². The first-order valence-corrected chi connectivity index (χ1v) is 9.40. The van der Waals surface area contributed by atoms with Crippen molar-refractivity contribution in [3.05, 3.63) is 32.7 Å². The first kappa shape index (κ1) is 18.5. The number of carbonyl (C=O) groups is 1. The molecule has 1 heterocycles. The molecule has 1 N–H and O–H groups in total. The third kappa shape index (κ3) is 5.94. The van der Waals surface area contributed by atoms with Gasteiger partial charge in [-0.25, -0.2) is 0 Å². The fraction of sp³-hybridized carbons (Fsp3) is 0.471. The second-order valence-electron chi connectivity index (χ2n) is 5.54. The molecule has 0 aromatic heterocycles. The molecule has 1 saturated heterocycles. The number of benzene rings is 1. The predicted octanol–water partition coefficient (Wildman–Crippen LogP) is 3.84. The van der Waals surface area contributed by atoms with Crippen LogP contribution in [0.4, 0.5) is 0 Å². The maximum absolute atomic E-state index is 11.8. The molecule has 4 nitrogen and oxygen atoms in total. The number of methoxy groups -OCH3 is 1. The predicted molar refractivity (Wildman–Crippen MR) is 101 cm³/mol. The van der Waals surface area contributed by atoms with Gasteiger partial charge in [-0.2, -0.15) is 0 Å². The molecule has 126 valence electrons. The molecule has 0 radical (unpaired) electrons. The highest BCUT2D eigenvalue weighted by molar-refractivity contribution is 9.11. The zero-order valence-corrected chi connectivity index (χ0v) is 16.5. The molecule has 1 aliphatic heterocycles. The number of ether oxygens (including phenoxy) is 1. The van der Waals surface area contributed by atoms with E-state index in [1.807, 2.05) is 12.1 Å². The van der Waals surface area contributed by atoms with Gasteiger partial charge in [0.05, 0.1) is 16.1 Å². The molecule has 6 heteroatoms. The van der Waals surface area contributed by atoms with Crippen LogP contribution in [-0.2, 0) is 4.79 Å². The van der Waals surface area contributed by atoms with Gasteiger partial charge in [-0.15, -0.1) is 0 Å². The Morgan fingerprint density at radius 2 is 1.96 bits per heavy atom. The highest BCUT2D eigenvalue weighted by Gasteiger charge is 2.10. The number of hydrogen-bond donors (Lipinski definition) is 1. The molecular formula is C17H22Br2N2O2. The van der Waals surface area contributed by atoms with E-state index in [2.05, 4.69) is 42.1 Å². The monoisotopic (exact) mass is 444 g/mol. The highest BCUT2D eigenvalue weighted by Crippen LogP contribution is 2.34. The maximum atomic E-state index is 11.8.